The molecule has 0 radical (unpaired) electrons. The summed E-state index contributed by atoms with van der Waals surface area (Å²) < 4.78 is 28.4. The number of halogens is 3. The summed E-state index contributed by atoms with van der Waals surface area (Å²) in [5.74, 6) is -0.0209. The smallest absolute Gasteiger partial charge is 0.387 e. The highest BCUT2D eigenvalue weighted by molar-refractivity contribution is 6.32. The monoisotopic (exact) mass is 261 g/mol. The third-order valence-electron chi connectivity index (χ3n) is 3.47. The molecule has 0 saturated heterocycles. The summed E-state index contributed by atoms with van der Waals surface area (Å²) in [6.45, 7) is 1.25. The number of rotatable bonds is 3. The Morgan fingerprint density at radius 3 is 2.41 bits per heavy atom. The Balaban J connectivity index is 2.27. The maximum absolute atomic E-state index is 12.1. The van der Waals surface area contributed by atoms with Crippen molar-refractivity contribution < 1.29 is 13.5 Å². The normalized spacial score (nSPS) is 26.1. The number of alkyl halides is 2. The zero-order valence-corrected chi connectivity index (χ0v) is 10.4. The molecular formula is C12H14ClF2NO. The van der Waals surface area contributed by atoms with E-state index in [1.165, 1.54) is 6.07 Å². The molecule has 0 aromatic heterocycles. The Labute approximate surface area is 104 Å². The van der Waals surface area contributed by atoms with E-state index in [0.717, 1.165) is 12.0 Å². The Morgan fingerprint density at radius 2 is 2.00 bits per heavy atom. The minimum Gasteiger partial charge on any atom is -0.433 e. The van der Waals surface area contributed by atoms with E-state index in [1.54, 1.807) is 12.1 Å². The average Bonchev–Trinajstić information content (AvgIpc) is 2.70. The number of hydrogen-bond donors (Lipinski definition) is 1. The molecule has 1 saturated carbocycles. The van der Waals surface area contributed by atoms with Gasteiger partial charge in [-0.3, -0.25) is 0 Å². The first-order chi connectivity index (χ1) is 7.76. The summed E-state index contributed by atoms with van der Waals surface area (Å²) >= 11 is 5.89. The second-order valence-electron chi connectivity index (χ2n) is 5.06. The molecule has 1 aliphatic carbocycles. The second-order valence-corrected chi connectivity index (χ2v) is 5.46. The quantitative estimate of drug-likeness (QED) is 0.903. The van der Waals surface area contributed by atoms with Crippen LogP contribution in [0.2, 0.25) is 5.02 Å². The molecule has 2 N–H and O–H groups in total. The number of nitrogens with two attached hydrogens (primary N) is 1. The predicted octanol–water partition coefficient (Wildman–Crippen LogP) is 3.53. The predicted molar refractivity (Wildman–Crippen MR) is 62.3 cm³/mol. The lowest BCUT2D eigenvalue weighted by molar-refractivity contribution is -0.0497. The van der Waals surface area contributed by atoms with E-state index in [-0.39, 0.29) is 16.2 Å². The van der Waals surface area contributed by atoms with Crippen LogP contribution in [-0.2, 0) is 5.54 Å². The highest BCUT2D eigenvalue weighted by Crippen LogP contribution is 2.60. The molecule has 2 rings (SSSR count). The van der Waals surface area contributed by atoms with Crippen molar-refractivity contribution in [3.05, 3.63) is 28.8 Å². The van der Waals surface area contributed by atoms with Gasteiger partial charge >= 0.3 is 6.61 Å². The van der Waals surface area contributed by atoms with E-state index in [9.17, 15) is 8.78 Å². The maximum Gasteiger partial charge on any atom is 0.387 e. The van der Waals surface area contributed by atoms with E-state index >= 15 is 0 Å². The van der Waals surface area contributed by atoms with Gasteiger partial charge in [-0.2, -0.15) is 8.78 Å². The van der Waals surface area contributed by atoms with Crippen molar-refractivity contribution in [1.29, 1.82) is 0 Å². The van der Waals surface area contributed by atoms with Crippen molar-refractivity contribution in [2.45, 2.75) is 32.4 Å². The lowest BCUT2D eigenvalue weighted by Gasteiger charge is -2.17. The zero-order valence-electron chi connectivity index (χ0n) is 9.64. The first-order valence-electron chi connectivity index (χ1n) is 5.30. The third-order valence-corrected chi connectivity index (χ3v) is 3.76. The van der Waals surface area contributed by atoms with E-state index in [0.29, 0.717) is 0 Å². The van der Waals surface area contributed by atoms with Crippen LogP contribution in [0, 0.1) is 5.41 Å². The highest BCUT2D eigenvalue weighted by atomic mass is 35.5. The maximum atomic E-state index is 12.1. The van der Waals surface area contributed by atoms with Crippen LogP contribution < -0.4 is 10.5 Å². The molecule has 2 nitrogen and oxygen atoms in total. The standard InChI is InChI=1S/C12H14ClF2NO/c1-11(2)6-12(11,16)7-3-4-9(8(13)5-7)17-10(14)15/h3-5,10H,6,16H2,1-2H3. The van der Waals surface area contributed by atoms with Crippen LogP contribution in [0.5, 0.6) is 5.75 Å². The van der Waals surface area contributed by atoms with Crippen LogP contribution >= 0.6 is 11.6 Å². The van der Waals surface area contributed by atoms with E-state index in [2.05, 4.69) is 18.6 Å². The Hall–Kier alpha value is -0.870. The molecule has 1 fully saturated rings. The lowest BCUT2D eigenvalue weighted by Crippen LogP contribution is -2.25. The highest BCUT2D eigenvalue weighted by Gasteiger charge is 2.59. The number of hydrogen-bond acceptors (Lipinski definition) is 2. The van der Waals surface area contributed by atoms with Crippen molar-refractivity contribution in [1.82, 2.24) is 0 Å². The SMILES string of the molecule is CC1(C)CC1(N)c1ccc(OC(F)F)c(Cl)c1. The molecule has 17 heavy (non-hydrogen) atoms. The minimum absolute atomic E-state index is 0.0153. The molecule has 0 aliphatic heterocycles. The molecule has 1 aromatic rings. The fourth-order valence-electron chi connectivity index (χ4n) is 2.12. The van der Waals surface area contributed by atoms with E-state index < -0.39 is 12.2 Å². The summed E-state index contributed by atoms with van der Waals surface area (Å²) in [7, 11) is 0. The summed E-state index contributed by atoms with van der Waals surface area (Å²) in [4.78, 5) is 0. The molecule has 0 amide bonds. The summed E-state index contributed by atoms with van der Waals surface area (Å²) in [6, 6.07) is 4.74. The Morgan fingerprint density at radius 1 is 1.41 bits per heavy atom. The molecule has 0 heterocycles. The second kappa shape index (κ2) is 3.82. The van der Waals surface area contributed by atoms with Crippen LogP contribution in [0.1, 0.15) is 25.8 Å². The van der Waals surface area contributed by atoms with Crippen LogP contribution in [0.15, 0.2) is 18.2 Å². The van der Waals surface area contributed by atoms with Crippen molar-refractivity contribution >= 4 is 11.6 Å². The molecule has 5 heteroatoms. The van der Waals surface area contributed by atoms with Gasteiger partial charge in [-0.25, -0.2) is 0 Å². The van der Waals surface area contributed by atoms with E-state index in [1.807, 2.05) is 0 Å². The largest absolute Gasteiger partial charge is 0.433 e. The van der Waals surface area contributed by atoms with Crippen molar-refractivity contribution in [3.63, 3.8) is 0 Å². The molecular weight excluding hydrogens is 248 g/mol. The lowest BCUT2D eigenvalue weighted by atomic mass is 9.97. The van der Waals surface area contributed by atoms with Gasteiger partial charge in [-0.1, -0.05) is 31.5 Å². The molecule has 0 spiro atoms. The third kappa shape index (κ3) is 2.11. The first kappa shape index (κ1) is 12.6. The Kier molecular flexibility index (Phi) is 2.83. The molecule has 1 aromatic carbocycles. The van der Waals surface area contributed by atoms with Gasteiger partial charge in [0.05, 0.1) is 5.02 Å². The van der Waals surface area contributed by atoms with Gasteiger partial charge in [-0.15, -0.1) is 0 Å². The molecule has 1 aliphatic rings. The van der Waals surface area contributed by atoms with Gasteiger partial charge in [-0.05, 0) is 29.5 Å². The van der Waals surface area contributed by atoms with Gasteiger partial charge in [0, 0.05) is 5.54 Å². The van der Waals surface area contributed by atoms with Crippen LogP contribution in [0.4, 0.5) is 8.78 Å². The van der Waals surface area contributed by atoms with E-state index in [4.69, 9.17) is 17.3 Å². The van der Waals surface area contributed by atoms with Crippen molar-refractivity contribution in [2.75, 3.05) is 0 Å². The van der Waals surface area contributed by atoms with Gasteiger partial charge in [0.1, 0.15) is 5.75 Å². The molecule has 1 atom stereocenters. The van der Waals surface area contributed by atoms with Gasteiger partial charge in [0.25, 0.3) is 0 Å². The molecule has 0 bridgehead atoms. The summed E-state index contributed by atoms with van der Waals surface area (Å²) in [6.07, 6.45) is 0.853. The fraction of sp³-hybridized carbons (Fsp3) is 0.500. The van der Waals surface area contributed by atoms with Crippen LogP contribution in [-0.4, -0.2) is 6.61 Å². The first-order valence-corrected chi connectivity index (χ1v) is 5.68. The van der Waals surface area contributed by atoms with Crippen molar-refractivity contribution in [3.8, 4) is 5.75 Å². The van der Waals surface area contributed by atoms with Gasteiger partial charge < -0.3 is 10.5 Å². The van der Waals surface area contributed by atoms with Gasteiger partial charge in [0.15, 0.2) is 0 Å². The number of ether oxygens (including phenoxy) is 1. The summed E-state index contributed by atoms with van der Waals surface area (Å²) in [5.41, 5.74) is 6.67. The topological polar surface area (TPSA) is 35.2 Å². The average molecular weight is 262 g/mol. The zero-order chi connectivity index (χ0) is 12.8. The molecule has 1 unspecified atom stereocenters. The van der Waals surface area contributed by atoms with Crippen LogP contribution in [0.3, 0.4) is 0 Å². The van der Waals surface area contributed by atoms with Crippen molar-refractivity contribution in [2.24, 2.45) is 11.1 Å². The number of benzene rings is 1. The minimum atomic E-state index is -2.87. The van der Waals surface area contributed by atoms with Crippen LogP contribution in [0.25, 0.3) is 0 Å². The Bertz CT molecular complexity index is 450. The fourth-order valence-corrected chi connectivity index (χ4v) is 2.34. The summed E-state index contributed by atoms with van der Waals surface area (Å²) in [5, 5.41) is 0.162. The molecule has 94 valence electrons. The van der Waals surface area contributed by atoms with Gasteiger partial charge in [0.2, 0.25) is 0 Å².